The van der Waals surface area contributed by atoms with Crippen molar-refractivity contribution in [1.82, 2.24) is 5.32 Å². The van der Waals surface area contributed by atoms with Crippen LogP contribution in [0.3, 0.4) is 0 Å². The van der Waals surface area contributed by atoms with Crippen molar-refractivity contribution in [3.8, 4) is 0 Å². The monoisotopic (exact) mass is 211 g/mol. The maximum Gasteiger partial charge on any atom is 0.00926 e. The van der Waals surface area contributed by atoms with Crippen molar-refractivity contribution in [1.29, 1.82) is 0 Å². The van der Waals surface area contributed by atoms with E-state index in [4.69, 9.17) is 0 Å². The topological polar surface area (TPSA) is 12.0 Å². The Morgan fingerprint density at radius 1 is 1.13 bits per heavy atom. The maximum atomic E-state index is 3.52. The second kappa shape index (κ2) is 5.89. The van der Waals surface area contributed by atoms with Gasteiger partial charge in [0.05, 0.1) is 0 Å². The van der Waals surface area contributed by atoms with Gasteiger partial charge < -0.3 is 5.32 Å². The van der Waals surface area contributed by atoms with E-state index in [0.717, 1.165) is 29.7 Å². The molecule has 1 nitrogen and oxygen atoms in total. The quantitative estimate of drug-likeness (QED) is 0.748. The van der Waals surface area contributed by atoms with Crippen LogP contribution in [0.4, 0.5) is 0 Å². The lowest BCUT2D eigenvalue weighted by Gasteiger charge is -2.38. The highest BCUT2D eigenvalue weighted by atomic mass is 14.9. The van der Waals surface area contributed by atoms with Crippen LogP contribution >= 0.6 is 0 Å². The van der Waals surface area contributed by atoms with Gasteiger partial charge in [-0.05, 0) is 56.4 Å². The minimum atomic E-state index is 0.780. The Bertz CT molecular complexity index is 174. The molecule has 3 atom stereocenters. The summed E-state index contributed by atoms with van der Waals surface area (Å²) in [6, 6.07) is 0.780. The minimum Gasteiger partial charge on any atom is -0.317 e. The standard InChI is InChI=1S/C14H29N/c1-10(2)8-13-9-12(11(3)4)6-7-14(13)15-5/h10-15H,6-9H2,1-5H3. The van der Waals surface area contributed by atoms with Crippen LogP contribution in [0, 0.1) is 23.7 Å². The molecule has 15 heavy (non-hydrogen) atoms. The van der Waals surface area contributed by atoms with Gasteiger partial charge >= 0.3 is 0 Å². The van der Waals surface area contributed by atoms with Gasteiger partial charge in [0, 0.05) is 6.04 Å². The fourth-order valence-electron chi connectivity index (χ4n) is 3.15. The SMILES string of the molecule is CNC1CCC(C(C)C)CC1CC(C)C. The van der Waals surface area contributed by atoms with Crippen LogP contribution in [0.25, 0.3) is 0 Å². The van der Waals surface area contributed by atoms with Crippen LogP contribution in [0.2, 0.25) is 0 Å². The third-order valence-corrected chi connectivity index (χ3v) is 4.11. The van der Waals surface area contributed by atoms with E-state index >= 15 is 0 Å². The molecule has 1 aliphatic rings. The summed E-state index contributed by atoms with van der Waals surface area (Å²) in [7, 11) is 2.13. The van der Waals surface area contributed by atoms with Gasteiger partial charge in [0.25, 0.3) is 0 Å². The molecule has 90 valence electrons. The molecule has 0 aromatic rings. The van der Waals surface area contributed by atoms with E-state index in [1.54, 1.807) is 0 Å². The third-order valence-electron chi connectivity index (χ3n) is 4.11. The van der Waals surface area contributed by atoms with Crippen molar-refractivity contribution in [2.24, 2.45) is 23.7 Å². The van der Waals surface area contributed by atoms with Crippen molar-refractivity contribution in [3.05, 3.63) is 0 Å². The lowest BCUT2D eigenvalue weighted by atomic mass is 9.71. The summed E-state index contributed by atoms with van der Waals surface area (Å²) in [6.07, 6.45) is 5.66. The Kier molecular flexibility index (Phi) is 5.11. The summed E-state index contributed by atoms with van der Waals surface area (Å²) in [5.41, 5.74) is 0. The van der Waals surface area contributed by atoms with E-state index < -0.39 is 0 Å². The Morgan fingerprint density at radius 3 is 2.27 bits per heavy atom. The second-order valence-electron chi connectivity index (χ2n) is 6.10. The Morgan fingerprint density at radius 2 is 1.80 bits per heavy atom. The lowest BCUT2D eigenvalue weighted by Crippen LogP contribution is -2.40. The van der Waals surface area contributed by atoms with Crippen LogP contribution < -0.4 is 5.32 Å². The number of hydrogen-bond donors (Lipinski definition) is 1. The van der Waals surface area contributed by atoms with E-state index in [1.165, 1.54) is 25.7 Å². The molecule has 0 spiro atoms. The molecule has 3 unspecified atom stereocenters. The Labute approximate surface area is 96.0 Å². The molecule has 1 aliphatic carbocycles. The van der Waals surface area contributed by atoms with Crippen molar-refractivity contribution in [2.75, 3.05) is 7.05 Å². The van der Waals surface area contributed by atoms with E-state index in [2.05, 4.69) is 40.1 Å². The van der Waals surface area contributed by atoms with Crippen LogP contribution in [-0.4, -0.2) is 13.1 Å². The van der Waals surface area contributed by atoms with Gasteiger partial charge in [0.15, 0.2) is 0 Å². The molecular weight excluding hydrogens is 182 g/mol. The van der Waals surface area contributed by atoms with Gasteiger partial charge in [-0.2, -0.15) is 0 Å². The first kappa shape index (κ1) is 13.0. The molecule has 1 heteroatoms. The smallest absolute Gasteiger partial charge is 0.00926 e. The molecule has 0 saturated heterocycles. The molecule has 1 N–H and O–H groups in total. The average molecular weight is 211 g/mol. The van der Waals surface area contributed by atoms with Crippen molar-refractivity contribution in [3.63, 3.8) is 0 Å². The summed E-state index contributed by atoms with van der Waals surface area (Å²) >= 11 is 0. The van der Waals surface area contributed by atoms with Gasteiger partial charge in [-0.25, -0.2) is 0 Å². The predicted octanol–water partition coefficient (Wildman–Crippen LogP) is 3.69. The highest BCUT2D eigenvalue weighted by Crippen LogP contribution is 2.36. The molecule has 1 saturated carbocycles. The largest absolute Gasteiger partial charge is 0.317 e. The summed E-state index contributed by atoms with van der Waals surface area (Å²) in [5.74, 6) is 3.60. The van der Waals surface area contributed by atoms with Crippen LogP contribution in [0.1, 0.15) is 53.4 Å². The highest BCUT2D eigenvalue weighted by Gasteiger charge is 2.30. The lowest BCUT2D eigenvalue weighted by molar-refractivity contribution is 0.155. The molecule has 0 heterocycles. The average Bonchev–Trinajstić information content (AvgIpc) is 2.16. The van der Waals surface area contributed by atoms with Crippen molar-refractivity contribution in [2.45, 2.75) is 59.4 Å². The van der Waals surface area contributed by atoms with Gasteiger partial charge in [-0.15, -0.1) is 0 Å². The third kappa shape index (κ3) is 3.79. The van der Waals surface area contributed by atoms with Gasteiger partial charge in [-0.1, -0.05) is 27.7 Å². The summed E-state index contributed by atoms with van der Waals surface area (Å²) in [6.45, 7) is 9.48. The first-order chi connectivity index (χ1) is 7.04. The normalized spacial score (nSPS) is 32.6. The molecule has 1 rings (SSSR count). The molecule has 0 amide bonds. The molecule has 0 aromatic carbocycles. The van der Waals surface area contributed by atoms with E-state index in [9.17, 15) is 0 Å². The zero-order valence-electron chi connectivity index (χ0n) is 11.2. The van der Waals surface area contributed by atoms with E-state index in [0.29, 0.717) is 0 Å². The van der Waals surface area contributed by atoms with Gasteiger partial charge in [0.2, 0.25) is 0 Å². The van der Waals surface area contributed by atoms with Crippen LogP contribution in [-0.2, 0) is 0 Å². The predicted molar refractivity (Wildman–Crippen MR) is 68.0 cm³/mol. The Hall–Kier alpha value is -0.0400. The number of rotatable bonds is 4. The molecular formula is C14H29N. The molecule has 0 aliphatic heterocycles. The first-order valence-electron chi connectivity index (χ1n) is 6.71. The minimum absolute atomic E-state index is 0.780. The molecule has 0 radical (unpaired) electrons. The maximum absolute atomic E-state index is 3.52. The van der Waals surface area contributed by atoms with Crippen molar-refractivity contribution < 1.29 is 0 Å². The molecule has 0 aromatic heterocycles. The summed E-state index contributed by atoms with van der Waals surface area (Å²) in [5, 5.41) is 3.52. The second-order valence-corrected chi connectivity index (χ2v) is 6.10. The fraction of sp³-hybridized carbons (Fsp3) is 1.00. The van der Waals surface area contributed by atoms with Crippen LogP contribution in [0.15, 0.2) is 0 Å². The molecule has 1 fully saturated rings. The molecule has 0 bridgehead atoms. The summed E-state index contributed by atoms with van der Waals surface area (Å²) in [4.78, 5) is 0. The van der Waals surface area contributed by atoms with E-state index in [1.807, 2.05) is 0 Å². The summed E-state index contributed by atoms with van der Waals surface area (Å²) < 4.78 is 0. The Balaban J connectivity index is 2.53. The zero-order chi connectivity index (χ0) is 11.4. The first-order valence-corrected chi connectivity index (χ1v) is 6.71. The number of hydrogen-bond acceptors (Lipinski definition) is 1. The zero-order valence-corrected chi connectivity index (χ0v) is 11.2. The van der Waals surface area contributed by atoms with Gasteiger partial charge in [-0.3, -0.25) is 0 Å². The number of nitrogens with one attached hydrogen (secondary N) is 1. The van der Waals surface area contributed by atoms with Crippen LogP contribution in [0.5, 0.6) is 0 Å². The van der Waals surface area contributed by atoms with Gasteiger partial charge in [0.1, 0.15) is 0 Å². The van der Waals surface area contributed by atoms with Crippen molar-refractivity contribution >= 4 is 0 Å². The van der Waals surface area contributed by atoms with E-state index in [-0.39, 0.29) is 0 Å². The highest BCUT2D eigenvalue weighted by molar-refractivity contribution is 4.85. The fourth-order valence-corrected chi connectivity index (χ4v) is 3.15.